The number of halogens is 3. The lowest BCUT2D eigenvalue weighted by Gasteiger charge is -2.07. The molecule has 76 valence electrons. The predicted octanol–water partition coefficient (Wildman–Crippen LogP) is 3.54. The van der Waals surface area contributed by atoms with Gasteiger partial charge in [0.05, 0.1) is 15.1 Å². The van der Waals surface area contributed by atoms with E-state index in [2.05, 4.69) is 15.9 Å². The first-order chi connectivity index (χ1) is 6.49. The van der Waals surface area contributed by atoms with Crippen LogP contribution < -0.4 is 0 Å². The van der Waals surface area contributed by atoms with Crippen LogP contribution in [0.15, 0.2) is 10.5 Å². The Balaban J connectivity index is 3.47. The van der Waals surface area contributed by atoms with E-state index in [1.807, 2.05) is 0 Å². The van der Waals surface area contributed by atoms with Gasteiger partial charge < -0.3 is 5.11 Å². The summed E-state index contributed by atoms with van der Waals surface area (Å²) in [6.45, 7) is 1.58. The van der Waals surface area contributed by atoms with E-state index in [1.54, 1.807) is 6.92 Å². The average Bonchev–Trinajstić information content (AvgIpc) is 2.15. The molecule has 0 aromatic heterocycles. The minimum atomic E-state index is -0.779. The zero-order chi connectivity index (χ0) is 10.9. The third kappa shape index (κ3) is 1.91. The van der Waals surface area contributed by atoms with Crippen LogP contribution in [0.3, 0.4) is 0 Å². The van der Waals surface area contributed by atoms with Gasteiger partial charge in [0.2, 0.25) is 0 Å². The van der Waals surface area contributed by atoms with Crippen LogP contribution >= 0.6 is 27.5 Å². The molecule has 0 aliphatic carbocycles. The maximum Gasteiger partial charge on any atom is 0.169 e. The first-order valence-electron chi connectivity index (χ1n) is 3.88. The highest BCUT2D eigenvalue weighted by atomic mass is 79.9. The molecule has 0 saturated heterocycles. The van der Waals surface area contributed by atoms with Gasteiger partial charge in [0, 0.05) is 6.42 Å². The van der Waals surface area contributed by atoms with Gasteiger partial charge in [-0.3, -0.25) is 4.79 Å². The monoisotopic (exact) mass is 280 g/mol. The molecule has 2 nitrogen and oxygen atoms in total. The normalized spacial score (nSPS) is 10.3. The summed E-state index contributed by atoms with van der Waals surface area (Å²) in [7, 11) is 0. The first-order valence-corrected chi connectivity index (χ1v) is 5.05. The zero-order valence-corrected chi connectivity index (χ0v) is 9.62. The Morgan fingerprint density at radius 3 is 2.79 bits per heavy atom. The van der Waals surface area contributed by atoms with Gasteiger partial charge >= 0.3 is 0 Å². The van der Waals surface area contributed by atoms with Crippen LogP contribution in [0, 0.1) is 5.82 Å². The number of hydrogen-bond donors (Lipinski definition) is 1. The third-order valence-corrected chi connectivity index (χ3v) is 2.61. The Kier molecular flexibility index (Phi) is 3.50. The summed E-state index contributed by atoms with van der Waals surface area (Å²) in [6.07, 6.45) is 0.108. The molecule has 0 unspecified atom stereocenters. The van der Waals surface area contributed by atoms with Crippen molar-refractivity contribution in [2.75, 3.05) is 0 Å². The number of aromatic hydroxyl groups is 1. The largest absolute Gasteiger partial charge is 0.506 e. The van der Waals surface area contributed by atoms with Crippen molar-refractivity contribution in [2.45, 2.75) is 13.3 Å². The van der Waals surface area contributed by atoms with Crippen molar-refractivity contribution < 1.29 is 14.3 Å². The molecular formula is C9H7BrClFO2. The van der Waals surface area contributed by atoms with Crippen molar-refractivity contribution in [3.8, 4) is 5.75 Å². The molecule has 5 heteroatoms. The second-order valence-corrected chi connectivity index (χ2v) is 3.92. The molecule has 0 amide bonds. The van der Waals surface area contributed by atoms with Crippen LogP contribution in [0.25, 0.3) is 0 Å². The number of carbonyl (C=O) groups is 1. The summed E-state index contributed by atoms with van der Waals surface area (Å²) in [6, 6.07) is 1.21. The van der Waals surface area contributed by atoms with E-state index in [1.165, 1.54) is 6.07 Å². The number of phenolic OH excluding ortho intramolecular Hbond substituents is 1. The van der Waals surface area contributed by atoms with Crippen molar-refractivity contribution in [3.05, 3.63) is 26.9 Å². The summed E-state index contributed by atoms with van der Waals surface area (Å²) in [5.74, 6) is -1.76. The van der Waals surface area contributed by atoms with E-state index in [4.69, 9.17) is 11.6 Å². The van der Waals surface area contributed by atoms with Crippen LogP contribution in [0.1, 0.15) is 23.7 Å². The van der Waals surface area contributed by atoms with Crippen LogP contribution in [0.4, 0.5) is 4.39 Å². The van der Waals surface area contributed by atoms with Crippen molar-refractivity contribution in [1.29, 1.82) is 0 Å². The molecule has 0 spiro atoms. The van der Waals surface area contributed by atoms with Crippen molar-refractivity contribution in [1.82, 2.24) is 0 Å². The fourth-order valence-corrected chi connectivity index (χ4v) is 1.78. The molecule has 0 heterocycles. The highest BCUT2D eigenvalue weighted by Crippen LogP contribution is 2.34. The Labute approximate surface area is 93.8 Å². The SMILES string of the molecule is CCC(=O)c1c(O)c(Cl)cc(Br)c1F. The number of benzene rings is 1. The molecule has 0 saturated carbocycles. The van der Waals surface area contributed by atoms with Gasteiger partial charge in [-0.05, 0) is 22.0 Å². The fourth-order valence-electron chi connectivity index (χ4n) is 1.02. The van der Waals surface area contributed by atoms with E-state index in [0.717, 1.165) is 0 Å². The molecule has 1 rings (SSSR count). The van der Waals surface area contributed by atoms with Crippen molar-refractivity contribution >= 4 is 33.3 Å². The molecule has 0 aliphatic rings. The van der Waals surface area contributed by atoms with Gasteiger partial charge in [-0.25, -0.2) is 4.39 Å². The smallest absolute Gasteiger partial charge is 0.169 e. The van der Waals surface area contributed by atoms with Crippen LogP contribution in [-0.2, 0) is 0 Å². The van der Waals surface area contributed by atoms with E-state index in [0.29, 0.717) is 0 Å². The second-order valence-electron chi connectivity index (χ2n) is 2.65. The Morgan fingerprint density at radius 1 is 1.71 bits per heavy atom. The first kappa shape index (κ1) is 11.5. The quantitative estimate of drug-likeness (QED) is 0.665. The summed E-state index contributed by atoms with van der Waals surface area (Å²) < 4.78 is 13.5. The van der Waals surface area contributed by atoms with Crippen LogP contribution in [0.2, 0.25) is 5.02 Å². The standard InChI is InChI=1S/C9H7BrClFO2/c1-2-6(13)7-8(12)4(10)3-5(11)9(7)14/h3,14H,2H2,1H3. The van der Waals surface area contributed by atoms with Crippen molar-refractivity contribution in [3.63, 3.8) is 0 Å². The molecular weight excluding hydrogens is 274 g/mol. The fraction of sp³-hybridized carbons (Fsp3) is 0.222. The predicted molar refractivity (Wildman–Crippen MR) is 55.4 cm³/mol. The van der Waals surface area contributed by atoms with Crippen LogP contribution in [-0.4, -0.2) is 10.9 Å². The molecule has 0 atom stereocenters. The van der Waals surface area contributed by atoms with E-state index < -0.39 is 17.3 Å². The average molecular weight is 282 g/mol. The van der Waals surface area contributed by atoms with Gasteiger partial charge in [0.25, 0.3) is 0 Å². The van der Waals surface area contributed by atoms with Gasteiger partial charge in [-0.2, -0.15) is 0 Å². The van der Waals surface area contributed by atoms with Gasteiger partial charge in [0.1, 0.15) is 5.75 Å². The van der Waals surface area contributed by atoms with E-state index >= 15 is 0 Å². The van der Waals surface area contributed by atoms with Gasteiger partial charge in [-0.15, -0.1) is 0 Å². The molecule has 1 N–H and O–H groups in total. The number of phenols is 1. The number of ketones is 1. The maximum absolute atomic E-state index is 13.4. The van der Waals surface area contributed by atoms with E-state index in [9.17, 15) is 14.3 Å². The summed E-state index contributed by atoms with van der Waals surface area (Å²) in [5, 5.41) is 9.34. The number of rotatable bonds is 2. The van der Waals surface area contributed by atoms with Crippen LogP contribution in [0.5, 0.6) is 5.75 Å². The molecule has 1 aromatic carbocycles. The Hall–Kier alpha value is -0.610. The number of carbonyl (C=O) groups excluding carboxylic acids is 1. The summed E-state index contributed by atoms with van der Waals surface area (Å²) in [5.41, 5.74) is -0.355. The minimum Gasteiger partial charge on any atom is -0.506 e. The number of hydrogen-bond acceptors (Lipinski definition) is 2. The third-order valence-electron chi connectivity index (χ3n) is 1.75. The maximum atomic E-state index is 13.4. The lowest BCUT2D eigenvalue weighted by atomic mass is 10.1. The molecule has 1 aromatic rings. The van der Waals surface area contributed by atoms with Gasteiger partial charge in [-0.1, -0.05) is 18.5 Å². The Morgan fingerprint density at radius 2 is 2.29 bits per heavy atom. The minimum absolute atomic E-state index is 0.0462. The molecule has 0 bridgehead atoms. The highest BCUT2D eigenvalue weighted by Gasteiger charge is 2.20. The highest BCUT2D eigenvalue weighted by molar-refractivity contribution is 9.10. The summed E-state index contributed by atoms with van der Waals surface area (Å²) >= 11 is 8.50. The Bertz CT molecular complexity index is 367. The lowest BCUT2D eigenvalue weighted by molar-refractivity contribution is 0.0981. The molecule has 14 heavy (non-hydrogen) atoms. The topological polar surface area (TPSA) is 37.3 Å². The summed E-state index contributed by atoms with van der Waals surface area (Å²) in [4.78, 5) is 11.3. The zero-order valence-electron chi connectivity index (χ0n) is 7.27. The molecule has 0 aliphatic heterocycles. The lowest BCUT2D eigenvalue weighted by Crippen LogP contribution is -2.02. The molecule has 0 radical (unpaired) electrons. The molecule has 0 fully saturated rings. The number of Topliss-reactive ketones (excluding diaryl/α,β-unsaturated/α-hetero) is 1. The van der Waals surface area contributed by atoms with E-state index in [-0.39, 0.29) is 21.5 Å². The second kappa shape index (κ2) is 4.28. The van der Waals surface area contributed by atoms with Crippen molar-refractivity contribution in [2.24, 2.45) is 0 Å². The van der Waals surface area contributed by atoms with Gasteiger partial charge in [0.15, 0.2) is 11.6 Å².